The molecule has 0 bridgehead atoms. The van der Waals surface area contributed by atoms with Crippen LogP contribution in [0.3, 0.4) is 0 Å². The van der Waals surface area contributed by atoms with Crippen LogP contribution in [-0.4, -0.2) is 26.4 Å². The fraction of sp³-hybridized carbons (Fsp3) is 0.227. The fourth-order valence-electron chi connectivity index (χ4n) is 2.90. The van der Waals surface area contributed by atoms with Gasteiger partial charge in [-0.15, -0.1) is 16.8 Å². The molecule has 0 aliphatic rings. The number of halogens is 2. The number of thioether (sulfide) groups is 1. The summed E-state index contributed by atoms with van der Waals surface area (Å²) in [6, 6.07) is 9.77. The number of nitrogens with one attached hydrogen (secondary N) is 1. The van der Waals surface area contributed by atoms with Crippen molar-refractivity contribution in [2.75, 3.05) is 11.1 Å². The Balaban J connectivity index is 1.65. The van der Waals surface area contributed by atoms with Crippen molar-refractivity contribution in [2.45, 2.75) is 32.2 Å². The van der Waals surface area contributed by atoms with Crippen LogP contribution in [0.2, 0.25) is 5.02 Å². The quantitative estimate of drug-likeness (QED) is 0.352. The van der Waals surface area contributed by atoms with Gasteiger partial charge in [0, 0.05) is 12.2 Å². The summed E-state index contributed by atoms with van der Waals surface area (Å²) in [4.78, 5) is 12.5. The standard InChI is InChI=1S/C22H22ClFN4O2S/c1-4-10-28-19(12-30-18-9-8-16(24)11-17(18)23)26-27-22(28)31-13-20(29)25-21-14(2)6-5-7-15(21)3/h4-9,11H,1,10,12-13H2,2-3H3,(H,25,29). The van der Waals surface area contributed by atoms with Gasteiger partial charge in [0.1, 0.15) is 18.2 Å². The average Bonchev–Trinajstić information content (AvgIpc) is 3.10. The van der Waals surface area contributed by atoms with Crippen molar-refractivity contribution in [3.63, 3.8) is 0 Å². The highest BCUT2D eigenvalue weighted by Crippen LogP contribution is 2.26. The van der Waals surface area contributed by atoms with Gasteiger partial charge in [-0.3, -0.25) is 9.36 Å². The van der Waals surface area contributed by atoms with Crippen molar-refractivity contribution in [2.24, 2.45) is 0 Å². The molecule has 0 atom stereocenters. The van der Waals surface area contributed by atoms with E-state index in [9.17, 15) is 9.18 Å². The second-order valence-electron chi connectivity index (χ2n) is 6.77. The molecule has 1 heterocycles. The Morgan fingerprint density at radius 1 is 1.29 bits per heavy atom. The van der Waals surface area contributed by atoms with Gasteiger partial charge < -0.3 is 10.1 Å². The molecule has 0 aliphatic carbocycles. The molecule has 9 heteroatoms. The van der Waals surface area contributed by atoms with E-state index in [1.807, 2.05) is 32.0 Å². The van der Waals surface area contributed by atoms with Crippen molar-refractivity contribution in [1.82, 2.24) is 14.8 Å². The maximum absolute atomic E-state index is 13.2. The van der Waals surface area contributed by atoms with E-state index in [0.29, 0.717) is 23.3 Å². The normalized spacial score (nSPS) is 10.7. The van der Waals surface area contributed by atoms with Crippen LogP contribution >= 0.6 is 23.4 Å². The summed E-state index contributed by atoms with van der Waals surface area (Å²) in [5, 5.41) is 12.0. The lowest BCUT2D eigenvalue weighted by atomic mass is 10.1. The fourth-order valence-corrected chi connectivity index (χ4v) is 3.89. The van der Waals surface area contributed by atoms with E-state index in [2.05, 4.69) is 22.1 Å². The number of rotatable bonds is 9. The third kappa shape index (κ3) is 5.86. The predicted octanol–water partition coefficient (Wildman–Crippen LogP) is 5.18. The number of aromatic nitrogens is 3. The Kier molecular flexibility index (Phi) is 7.70. The first-order valence-corrected chi connectivity index (χ1v) is 10.8. The number of benzene rings is 2. The van der Waals surface area contributed by atoms with Gasteiger partial charge in [0.15, 0.2) is 11.0 Å². The zero-order chi connectivity index (χ0) is 22.4. The van der Waals surface area contributed by atoms with Crippen LogP contribution in [0.4, 0.5) is 10.1 Å². The number of carbonyl (C=O) groups excluding carboxylic acids is 1. The highest BCUT2D eigenvalue weighted by atomic mass is 35.5. The number of nitrogens with zero attached hydrogens (tertiary/aromatic N) is 3. The van der Waals surface area contributed by atoms with Crippen LogP contribution in [0.5, 0.6) is 5.75 Å². The Morgan fingerprint density at radius 2 is 2.03 bits per heavy atom. The monoisotopic (exact) mass is 460 g/mol. The van der Waals surface area contributed by atoms with Crippen molar-refractivity contribution in [3.05, 3.63) is 76.8 Å². The highest BCUT2D eigenvalue weighted by molar-refractivity contribution is 7.99. The summed E-state index contributed by atoms with van der Waals surface area (Å²) in [5.74, 6) is 0.487. The Labute approximate surface area is 189 Å². The number of anilines is 1. The Bertz CT molecular complexity index is 1080. The van der Waals surface area contributed by atoms with E-state index in [-0.39, 0.29) is 23.3 Å². The molecule has 162 valence electrons. The topological polar surface area (TPSA) is 69.0 Å². The first-order chi connectivity index (χ1) is 14.9. The second-order valence-corrected chi connectivity index (χ2v) is 8.11. The molecular formula is C22H22ClFN4O2S. The van der Waals surface area contributed by atoms with Gasteiger partial charge in [0.2, 0.25) is 5.91 Å². The molecule has 0 unspecified atom stereocenters. The molecule has 6 nitrogen and oxygen atoms in total. The van der Waals surface area contributed by atoms with Gasteiger partial charge in [-0.2, -0.15) is 0 Å². The van der Waals surface area contributed by atoms with Crippen molar-refractivity contribution in [3.8, 4) is 5.75 Å². The summed E-state index contributed by atoms with van der Waals surface area (Å²) in [5.41, 5.74) is 2.84. The van der Waals surface area contributed by atoms with Crippen molar-refractivity contribution >= 4 is 35.0 Å². The van der Waals surface area contributed by atoms with Crippen LogP contribution in [0, 0.1) is 19.7 Å². The summed E-state index contributed by atoms with van der Waals surface area (Å²) in [7, 11) is 0. The first kappa shape index (κ1) is 22.8. The van der Waals surface area contributed by atoms with E-state index < -0.39 is 5.82 Å². The lowest BCUT2D eigenvalue weighted by molar-refractivity contribution is -0.113. The summed E-state index contributed by atoms with van der Waals surface area (Å²) < 4.78 is 20.7. The summed E-state index contributed by atoms with van der Waals surface area (Å²) in [6.45, 7) is 8.20. The molecule has 31 heavy (non-hydrogen) atoms. The molecule has 0 fully saturated rings. The van der Waals surface area contributed by atoms with Crippen LogP contribution in [0.15, 0.2) is 54.2 Å². The molecule has 3 rings (SSSR count). The molecule has 0 saturated heterocycles. The predicted molar refractivity (Wildman–Crippen MR) is 121 cm³/mol. The second kappa shape index (κ2) is 10.5. The SMILES string of the molecule is C=CCn1c(COc2ccc(F)cc2Cl)nnc1SCC(=O)Nc1c(C)cccc1C. The maximum atomic E-state index is 13.2. The van der Waals surface area contributed by atoms with Gasteiger partial charge >= 0.3 is 0 Å². The van der Waals surface area contributed by atoms with E-state index in [1.165, 1.54) is 30.0 Å². The zero-order valence-electron chi connectivity index (χ0n) is 17.2. The summed E-state index contributed by atoms with van der Waals surface area (Å²) in [6.07, 6.45) is 1.71. The van der Waals surface area contributed by atoms with Crippen LogP contribution in [-0.2, 0) is 17.9 Å². The highest BCUT2D eigenvalue weighted by Gasteiger charge is 2.15. The molecule has 3 aromatic rings. The molecule has 1 aromatic heterocycles. The third-order valence-corrected chi connectivity index (χ3v) is 5.70. The molecule has 1 amide bonds. The van der Waals surface area contributed by atoms with Crippen molar-refractivity contribution in [1.29, 1.82) is 0 Å². The van der Waals surface area contributed by atoms with Crippen molar-refractivity contribution < 1.29 is 13.9 Å². The Morgan fingerprint density at radius 3 is 2.71 bits per heavy atom. The molecule has 0 radical (unpaired) electrons. The molecule has 0 saturated carbocycles. The van der Waals surface area contributed by atoms with Gasteiger partial charge in [-0.05, 0) is 43.2 Å². The minimum atomic E-state index is -0.440. The van der Waals surface area contributed by atoms with E-state index in [1.54, 1.807) is 10.6 Å². The molecule has 0 aliphatic heterocycles. The van der Waals surface area contributed by atoms with Gasteiger partial charge in [-0.25, -0.2) is 4.39 Å². The molecule has 0 spiro atoms. The average molecular weight is 461 g/mol. The minimum Gasteiger partial charge on any atom is -0.484 e. The van der Waals surface area contributed by atoms with Crippen LogP contribution < -0.4 is 10.1 Å². The third-order valence-electron chi connectivity index (χ3n) is 4.43. The number of hydrogen-bond donors (Lipinski definition) is 1. The van der Waals surface area contributed by atoms with Gasteiger partial charge in [-0.1, -0.05) is 47.6 Å². The number of allylic oxidation sites excluding steroid dienone is 1. The molecule has 2 aromatic carbocycles. The van der Waals surface area contributed by atoms with Gasteiger partial charge in [0.25, 0.3) is 0 Å². The van der Waals surface area contributed by atoms with E-state index >= 15 is 0 Å². The number of hydrogen-bond acceptors (Lipinski definition) is 5. The molecule has 1 N–H and O–H groups in total. The van der Waals surface area contributed by atoms with E-state index in [4.69, 9.17) is 16.3 Å². The van der Waals surface area contributed by atoms with E-state index in [0.717, 1.165) is 16.8 Å². The first-order valence-electron chi connectivity index (χ1n) is 9.48. The van der Waals surface area contributed by atoms with Crippen LogP contribution in [0.1, 0.15) is 17.0 Å². The Hall–Kier alpha value is -2.84. The maximum Gasteiger partial charge on any atom is 0.234 e. The number of carbonyl (C=O) groups is 1. The smallest absolute Gasteiger partial charge is 0.234 e. The number of para-hydroxylation sites is 1. The number of amides is 1. The van der Waals surface area contributed by atoms with Gasteiger partial charge in [0.05, 0.1) is 10.8 Å². The van der Waals surface area contributed by atoms with Crippen LogP contribution in [0.25, 0.3) is 0 Å². The largest absolute Gasteiger partial charge is 0.484 e. The number of aryl methyl sites for hydroxylation is 2. The lowest BCUT2D eigenvalue weighted by Gasteiger charge is -2.12. The minimum absolute atomic E-state index is 0.0847. The number of ether oxygens (including phenoxy) is 1. The molecular weight excluding hydrogens is 439 g/mol. The zero-order valence-corrected chi connectivity index (χ0v) is 18.8. The summed E-state index contributed by atoms with van der Waals surface area (Å²) >= 11 is 7.27. The lowest BCUT2D eigenvalue weighted by Crippen LogP contribution is -2.16.